The van der Waals surface area contributed by atoms with Crippen molar-refractivity contribution in [3.8, 4) is 0 Å². The molecule has 2 aromatic carbocycles. The minimum absolute atomic E-state index is 0.309. The molecule has 0 fully saturated rings. The average Bonchev–Trinajstić information content (AvgIpc) is 2.36. The number of nitrogens with zero attached hydrogens (tertiary/aromatic N) is 2. The Kier molecular flexibility index (Phi) is 3.46. The molecular formula is C12H6F4N2O. The molecule has 0 saturated carbocycles. The van der Waals surface area contributed by atoms with Crippen molar-refractivity contribution in [2.75, 3.05) is 0 Å². The van der Waals surface area contributed by atoms with Gasteiger partial charge in [0.1, 0.15) is 11.6 Å². The largest absolute Gasteiger partial charge is 0.594 e. The highest BCUT2D eigenvalue weighted by molar-refractivity contribution is 5.38. The van der Waals surface area contributed by atoms with Crippen LogP contribution in [0.3, 0.4) is 0 Å². The Labute approximate surface area is 105 Å². The highest BCUT2D eigenvalue weighted by Gasteiger charge is 2.15. The first-order valence-electron chi connectivity index (χ1n) is 5.06. The average molecular weight is 270 g/mol. The van der Waals surface area contributed by atoms with Gasteiger partial charge in [-0.25, -0.2) is 13.2 Å². The highest BCUT2D eigenvalue weighted by atomic mass is 19.1. The summed E-state index contributed by atoms with van der Waals surface area (Å²) in [5, 5.41) is 14.7. The van der Waals surface area contributed by atoms with Gasteiger partial charge in [0, 0.05) is 11.2 Å². The van der Waals surface area contributed by atoms with E-state index in [1.807, 2.05) is 0 Å². The van der Waals surface area contributed by atoms with E-state index in [9.17, 15) is 22.8 Å². The van der Waals surface area contributed by atoms with Crippen molar-refractivity contribution in [2.24, 2.45) is 5.11 Å². The second kappa shape index (κ2) is 5.05. The summed E-state index contributed by atoms with van der Waals surface area (Å²) in [7, 11) is 0. The predicted octanol–water partition coefficient (Wildman–Crippen LogP) is 4.17. The molecule has 7 heteroatoms. The van der Waals surface area contributed by atoms with Crippen LogP contribution in [0.4, 0.5) is 28.9 Å². The lowest BCUT2D eigenvalue weighted by Crippen LogP contribution is -1.96. The van der Waals surface area contributed by atoms with Gasteiger partial charge >= 0.3 is 0 Å². The van der Waals surface area contributed by atoms with Crippen molar-refractivity contribution >= 4 is 11.4 Å². The third-order valence-electron chi connectivity index (χ3n) is 2.22. The van der Waals surface area contributed by atoms with Gasteiger partial charge < -0.3 is 5.21 Å². The Bertz CT molecular complexity index is 658. The molecule has 0 spiro atoms. The molecule has 0 bridgehead atoms. The van der Waals surface area contributed by atoms with Gasteiger partial charge in [0.2, 0.25) is 0 Å². The van der Waals surface area contributed by atoms with Crippen LogP contribution in [0.2, 0.25) is 0 Å². The normalized spacial score (nSPS) is 11.7. The maximum absolute atomic E-state index is 13.3. The summed E-state index contributed by atoms with van der Waals surface area (Å²) in [4.78, 5) is -0.309. The zero-order chi connectivity index (χ0) is 14.0. The second-order valence-corrected chi connectivity index (χ2v) is 3.56. The summed E-state index contributed by atoms with van der Waals surface area (Å²) < 4.78 is 52.2. The summed E-state index contributed by atoms with van der Waals surface area (Å²) in [6.45, 7) is 0. The van der Waals surface area contributed by atoms with Gasteiger partial charge in [-0.3, -0.25) is 0 Å². The van der Waals surface area contributed by atoms with Crippen LogP contribution >= 0.6 is 0 Å². The lowest BCUT2D eigenvalue weighted by atomic mass is 10.3. The van der Waals surface area contributed by atoms with Gasteiger partial charge in [-0.2, -0.15) is 4.39 Å². The number of azo groups is 1. The molecule has 2 rings (SSSR count). The summed E-state index contributed by atoms with van der Waals surface area (Å²) in [6.07, 6.45) is 0. The van der Waals surface area contributed by atoms with Gasteiger partial charge in [-0.15, -0.1) is 0 Å². The molecule has 19 heavy (non-hydrogen) atoms. The third kappa shape index (κ3) is 2.87. The van der Waals surface area contributed by atoms with Crippen LogP contribution in [-0.2, 0) is 0 Å². The standard InChI is InChI=1S/C12H6F4N2O/c13-7-1-3-9(15)11(5-7)17-18(19)12-6-8(14)2-4-10(12)16/h1-6H. The number of halogens is 4. The van der Waals surface area contributed by atoms with Crippen molar-refractivity contribution in [2.45, 2.75) is 0 Å². The van der Waals surface area contributed by atoms with Crippen LogP contribution in [0.5, 0.6) is 0 Å². The van der Waals surface area contributed by atoms with E-state index in [0.717, 1.165) is 24.3 Å². The maximum Gasteiger partial charge on any atom is 0.283 e. The molecule has 0 N–H and O–H groups in total. The SMILES string of the molecule is [O-][N+](=Nc1cc(F)ccc1F)c1cc(F)ccc1F. The molecular weight excluding hydrogens is 264 g/mol. The summed E-state index contributed by atoms with van der Waals surface area (Å²) >= 11 is 0. The first-order valence-corrected chi connectivity index (χ1v) is 5.06. The number of hydrogen-bond donors (Lipinski definition) is 0. The Balaban J connectivity index is 2.48. The molecule has 0 heterocycles. The Morgan fingerprint density at radius 3 is 2.11 bits per heavy atom. The van der Waals surface area contributed by atoms with Gasteiger partial charge in [-0.1, -0.05) is 0 Å². The zero-order valence-electron chi connectivity index (χ0n) is 9.28. The Hall–Kier alpha value is -2.44. The van der Waals surface area contributed by atoms with Crippen molar-refractivity contribution < 1.29 is 22.4 Å². The van der Waals surface area contributed by atoms with Crippen LogP contribution in [0.15, 0.2) is 41.5 Å². The Morgan fingerprint density at radius 1 is 0.842 bits per heavy atom. The zero-order valence-corrected chi connectivity index (χ0v) is 9.28. The monoisotopic (exact) mass is 270 g/mol. The molecule has 0 unspecified atom stereocenters. The quantitative estimate of drug-likeness (QED) is 0.349. The van der Waals surface area contributed by atoms with Crippen LogP contribution in [0, 0.1) is 28.5 Å². The molecule has 0 aliphatic rings. The van der Waals surface area contributed by atoms with Crippen LogP contribution < -0.4 is 0 Å². The summed E-state index contributed by atoms with van der Waals surface area (Å²) in [5.41, 5.74) is -1.35. The fraction of sp³-hybridized carbons (Fsp3) is 0. The van der Waals surface area contributed by atoms with E-state index in [-0.39, 0.29) is 4.86 Å². The van der Waals surface area contributed by atoms with Gasteiger partial charge in [-0.05, 0) is 29.1 Å². The minimum atomic E-state index is -1.03. The van der Waals surface area contributed by atoms with E-state index >= 15 is 0 Å². The van der Waals surface area contributed by atoms with Crippen molar-refractivity contribution in [3.05, 3.63) is 64.9 Å². The first-order chi connectivity index (χ1) is 8.97. The van der Waals surface area contributed by atoms with E-state index in [1.54, 1.807) is 0 Å². The fourth-order valence-corrected chi connectivity index (χ4v) is 1.35. The van der Waals surface area contributed by atoms with Gasteiger partial charge in [0.05, 0.1) is 6.07 Å². The number of hydrogen-bond acceptors (Lipinski definition) is 2. The molecule has 98 valence electrons. The molecule has 0 amide bonds. The Morgan fingerprint density at radius 2 is 1.42 bits per heavy atom. The molecule has 0 radical (unpaired) electrons. The summed E-state index contributed by atoms with van der Waals surface area (Å²) in [5.74, 6) is -3.66. The van der Waals surface area contributed by atoms with Crippen molar-refractivity contribution in [1.82, 2.24) is 0 Å². The lowest BCUT2D eigenvalue weighted by molar-refractivity contribution is -0.438. The smallest absolute Gasteiger partial charge is 0.283 e. The molecule has 0 aliphatic carbocycles. The number of rotatable bonds is 2. The molecule has 3 nitrogen and oxygen atoms in total. The van der Waals surface area contributed by atoms with E-state index in [2.05, 4.69) is 5.11 Å². The highest BCUT2D eigenvalue weighted by Crippen LogP contribution is 2.24. The van der Waals surface area contributed by atoms with Crippen LogP contribution in [0.25, 0.3) is 0 Å². The fourth-order valence-electron chi connectivity index (χ4n) is 1.35. The molecule has 0 saturated heterocycles. The lowest BCUT2D eigenvalue weighted by Gasteiger charge is -2.01. The second-order valence-electron chi connectivity index (χ2n) is 3.56. The van der Waals surface area contributed by atoms with E-state index in [4.69, 9.17) is 0 Å². The summed E-state index contributed by atoms with van der Waals surface area (Å²) in [6, 6.07) is 4.42. The minimum Gasteiger partial charge on any atom is -0.594 e. The maximum atomic E-state index is 13.3. The molecule has 2 aromatic rings. The predicted molar refractivity (Wildman–Crippen MR) is 58.1 cm³/mol. The topological polar surface area (TPSA) is 38.4 Å². The first kappa shape index (κ1) is 13.0. The van der Waals surface area contributed by atoms with E-state index in [1.165, 1.54) is 0 Å². The van der Waals surface area contributed by atoms with Gasteiger partial charge in [0.15, 0.2) is 17.3 Å². The van der Waals surface area contributed by atoms with E-state index < -0.39 is 34.6 Å². The van der Waals surface area contributed by atoms with Crippen LogP contribution in [-0.4, -0.2) is 4.86 Å². The van der Waals surface area contributed by atoms with Gasteiger partial charge in [0.25, 0.3) is 5.69 Å². The third-order valence-corrected chi connectivity index (χ3v) is 2.22. The molecule has 0 aromatic heterocycles. The van der Waals surface area contributed by atoms with E-state index in [0.29, 0.717) is 12.1 Å². The molecule has 0 aliphatic heterocycles. The molecule has 0 atom stereocenters. The number of benzene rings is 2. The van der Waals surface area contributed by atoms with Crippen molar-refractivity contribution in [3.63, 3.8) is 0 Å². The van der Waals surface area contributed by atoms with Crippen molar-refractivity contribution in [1.29, 1.82) is 0 Å². The van der Waals surface area contributed by atoms with Crippen LogP contribution in [0.1, 0.15) is 0 Å².